The Kier molecular flexibility index (Phi) is 8.45. The van der Waals surface area contributed by atoms with E-state index in [2.05, 4.69) is 36.2 Å². The molecule has 0 radical (unpaired) electrons. The molecule has 0 saturated heterocycles. The highest BCUT2D eigenvalue weighted by Crippen LogP contribution is 2.18. The molecule has 11 nitrogen and oxygen atoms in total. The van der Waals surface area contributed by atoms with E-state index in [0.717, 1.165) is 0 Å². The van der Waals surface area contributed by atoms with Crippen LogP contribution in [0.3, 0.4) is 0 Å². The van der Waals surface area contributed by atoms with Gasteiger partial charge in [-0.05, 0) is 19.2 Å². The molecule has 0 aliphatic heterocycles. The Labute approximate surface area is 167 Å². The second-order valence-electron chi connectivity index (χ2n) is 5.93. The van der Waals surface area contributed by atoms with Crippen LogP contribution in [0.25, 0.3) is 11.5 Å². The van der Waals surface area contributed by atoms with E-state index in [0.29, 0.717) is 18.1 Å². The maximum Gasteiger partial charge on any atom is 0.305 e. The molecule has 154 valence electrons. The number of carboxylic acids is 1. The number of hydrogen-bond acceptors (Lipinski definition) is 8. The summed E-state index contributed by atoms with van der Waals surface area (Å²) in [6, 6.07) is 6.71. The first-order valence-electron chi connectivity index (χ1n) is 8.95. The highest BCUT2D eigenvalue weighted by atomic mass is 16.4. The summed E-state index contributed by atoms with van der Waals surface area (Å²) < 4.78 is 0. The average Bonchev–Trinajstić information content (AvgIpc) is 2.71. The number of nitrogens with zero attached hydrogens (tertiary/aromatic N) is 3. The number of hydrogen-bond donors (Lipinski definition) is 5. The zero-order chi connectivity index (χ0) is 21.1. The van der Waals surface area contributed by atoms with Gasteiger partial charge in [-0.1, -0.05) is 6.07 Å². The molecule has 0 spiro atoms. The summed E-state index contributed by atoms with van der Waals surface area (Å²) >= 11 is 0. The monoisotopic (exact) mass is 401 g/mol. The van der Waals surface area contributed by atoms with Crippen molar-refractivity contribution in [1.29, 1.82) is 0 Å². The standard InChI is InChI=1S/C18H23N7O4/c1-19-8-5-15(26)22-11-16(27)23-14-10-13(21-9-6-17(28)29)24-18(25-14)12-4-2-3-7-20-12/h2-4,7,10,19H,5-6,8-9,11H2,1H3,(H,22,26)(H,28,29)(H2,21,23,24,25,27). The van der Waals surface area contributed by atoms with Crippen molar-refractivity contribution in [2.45, 2.75) is 12.8 Å². The molecule has 0 atom stereocenters. The predicted molar refractivity (Wildman–Crippen MR) is 106 cm³/mol. The number of pyridine rings is 1. The van der Waals surface area contributed by atoms with Gasteiger partial charge < -0.3 is 26.4 Å². The van der Waals surface area contributed by atoms with Gasteiger partial charge in [0, 0.05) is 31.8 Å². The van der Waals surface area contributed by atoms with Crippen molar-refractivity contribution in [3.63, 3.8) is 0 Å². The Morgan fingerprint density at radius 2 is 1.83 bits per heavy atom. The molecule has 29 heavy (non-hydrogen) atoms. The minimum atomic E-state index is -0.945. The van der Waals surface area contributed by atoms with E-state index in [1.54, 1.807) is 31.4 Å². The minimum absolute atomic E-state index is 0.0940. The summed E-state index contributed by atoms with van der Waals surface area (Å²) in [7, 11) is 1.73. The lowest BCUT2D eigenvalue weighted by atomic mass is 10.3. The highest BCUT2D eigenvalue weighted by molar-refractivity contribution is 5.94. The maximum absolute atomic E-state index is 12.1. The van der Waals surface area contributed by atoms with Crippen LogP contribution in [0.5, 0.6) is 0 Å². The molecule has 0 unspecified atom stereocenters. The number of anilines is 2. The molecule has 2 heterocycles. The number of carboxylic acid groups (broad SMARTS) is 1. The van der Waals surface area contributed by atoms with E-state index in [1.807, 2.05) is 0 Å². The second-order valence-corrected chi connectivity index (χ2v) is 5.93. The molecule has 2 rings (SSSR count). The van der Waals surface area contributed by atoms with Crippen molar-refractivity contribution in [3.8, 4) is 11.5 Å². The summed E-state index contributed by atoms with van der Waals surface area (Å²) in [5.74, 6) is -0.839. The van der Waals surface area contributed by atoms with E-state index in [9.17, 15) is 14.4 Å². The lowest BCUT2D eigenvalue weighted by molar-refractivity contribution is -0.136. The van der Waals surface area contributed by atoms with E-state index >= 15 is 0 Å². The number of aliphatic carboxylic acids is 1. The van der Waals surface area contributed by atoms with Gasteiger partial charge in [-0.15, -0.1) is 0 Å². The molecule has 0 fully saturated rings. The van der Waals surface area contributed by atoms with Crippen LogP contribution in [-0.2, 0) is 14.4 Å². The van der Waals surface area contributed by atoms with Gasteiger partial charge in [0.15, 0.2) is 5.82 Å². The number of rotatable bonds is 11. The van der Waals surface area contributed by atoms with Gasteiger partial charge >= 0.3 is 5.97 Å². The first kappa shape index (κ1) is 21.7. The minimum Gasteiger partial charge on any atom is -0.481 e. The topological polar surface area (TPSA) is 158 Å². The largest absolute Gasteiger partial charge is 0.481 e. The maximum atomic E-state index is 12.1. The van der Waals surface area contributed by atoms with Gasteiger partial charge in [0.25, 0.3) is 0 Å². The van der Waals surface area contributed by atoms with Crippen LogP contribution in [-0.4, -0.2) is 64.5 Å². The molecule has 0 bridgehead atoms. The van der Waals surface area contributed by atoms with Gasteiger partial charge in [0.2, 0.25) is 11.8 Å². The smallest absolute Gasteiger partial charge is 0.305 e. The van der Waals surface area contributed by atoms with Crippen molar-refractivity contribution in [2.24, 2.45) is 0 Å². The SMILES string of the molecule is CNCCC(=O)NCC(=O)Nc1cc(NCCC(=O)O)nc(-c2ccccn2)n1. The normalized spacial score (nSPS) is 10.2. The molecule has 2 amide bonds. The molecule has 5 N–H and O–H groups in total. The lowest BCUT2D eigenvalue weighted by Gasteiger charge is -2.11. The first-order chi connectivity index (χ1) is 14.0. The van der Waals surface area contributed by atoms with Gasteiger partial charge in [-0.25, -0.2) is 9.97 Å². The Morgan fingerprint density at radius 1 is 1.03 bits per heavy atom. The Balaban J connectivity index is 2.09. The van der Waals surface area contributed by atoms with E-state index in [-0.39, 0.29) is 43.5 Å². The third-order valence-corrected chi connectivity index (χ3v) is 3.58. The summed E-state index contributed by atoms with van der Waals surface area (Å²) in [5, 5.41) is 19.6. The van der Waals surface area contributed by atoms with Crippen LogP contribution in [0, 0.1) is 0 Å². The first-order valence-corrected chi connectivity index (χ1v) is 8.95. The molecule has 2 aromatic rings. The van der Waals surface area contributed by atoms with E-state index in [1.165, 1.54) is 6.07 Å². The fourth-order valence-electron chi connectivity index (χ4n) is 2.20. The number of amides is 2. The second kappa shape index (κ2) is 11.3. The zero-order valence-corrected chi connectivity index (χ0v) is 15.9. The van der Waals surface area contributed by atoms with Crippen molar-refractivity contribution < 1.29 is 19.5 Å². The van der Waals surface area contributed by atoms with Gasteiger partial charge in [0.05, 0.1) is 13.0 Å². The quantitative estimate of drug-likeness (QED) is 0.352. The molecule has 0 aliphatic carbocycles. The fraction of sp³-hybridized carbons (Fsp3) is 0.333. The van der Waals surface area contributed by atoms with Crippen molar-refractivity contribution in [1.82, 2.24) is 25.6 Å². The van der Waals surface area contributed by atoms with E-state index in [4.69, 9.17) is 5.11 Å². The molecular formula is C18H23N7O4. The van der Waals surface area contributed by atoms with Crippen molar-refractivity contribution in [2.75, 3.05) is 37.3 Å². The molecule has 2 aromatic heterocycles. The number of nitrogens with one attached hydrogen (secondary N) is 4. The van der Waals surface area contributed by atoms with Gasteiger partial charge in [0.1, 0.15) is 17.3 Å². The Hall–Kier alpha value is -3.60. The molecule has 11 heteroatoms. The van der Waals surface area contributed by atoms with Crippen LogP contribution in [0.4, 0.5) is 11.6 Å². The number of carbonyl (C=O) groups excluding carboxylic acids is 2. The van der Waals surface area contributed by atoms with E-state index < -0.39 is 11.9 Å². The van der Waals surface area contributed by atoms with Crippen LogP contribution in [0.2, 0.25) is 0 Å². The molecular weight excluding hydrogens is 378 g/mol. The summed E-state index contributed by atoms with van der Waals surface area (Å²) in [6.07, 6.45) is 1.75. The van der Waals surface area contributed by atoms with Crippen molar-refractivity contribution in [3.05, 3.63) is 30.5 Å². The molecule has 0 aromatic carbocycles. The van der Waals surface area contributed by atoms with Gasteiger partial charge in [-0.3, -0.25) is 19.4 Å². The summed E-state index contributed by atoms with van der Waals surface area (Å²) in [6.45, 7) is 0.467. The Morgan fingerprint density at radius 3 is 2.52 bits per heavy atom. The third kappa shape index (κ3) is 7.89. The van der Waals surface area contributed by atoms with Crippen molar-refractivity contribution >= 4 is 29.4 Å². The summed E-state index contributed by atoms with van der Waals surface area (Å²) in [5.41, 5.74) is 0.491. The predicted octanol–water partition coefficient (Wildman–Crippen LogP) is 0.0894. The van der Waals surface area contributed by atoms with Gasteiger partial charge in [-0.2, -0.15) is 0 Å². The van der Waals surface area contributed by atoms with Crippen LogP contribution in [0.1, 0.15) is 12.8 Å². The highest BCUT2D eigenvalue weighted by Gasteiger charge is 2.11. The summed E-state index contributed by atoms with van der Waals surface area (Å²) in [4.78, 5) is 47.2. The zero-order valence-electron chi connectivity index (χ0n) is 15.9. The number of carbonyl (C=O) groups is 3. The van der Waals surface area contributed by atoms with Crippen LogP contribution < -0.4 is 21.3 Å². The number of aromatic nitrogens is 3. The average molecular weight is 401 g/mol. The molecule has 0 saturated carbocycles. The van der Waals surface area contributed by atoms with Crippen LogP contribution >= 0.6 is 0 Å². The fourth-order valence-corrected chi connectivity index (χ4v) is 2.20. The lowest BCUT2D eigenvalue weighted by Crippen LogP contribution is -2.34. The van der Waals surface area contributed by atoms with Crippen LogP contribution in [0.15, 0.2) is 30.5 Å². The third-order valence-electron chi connectivity index (χ3n) is 3.58. The Bertz CT molecular complexity index is 845. The molecule has 0 aliphatic rings.